The second-order valence-corrected chi connectivity index (χ2v) is 9.44. The summed E-state index contributed by atoms with van der Waals surface area (Å²) in [6.07, 6.45) is 6.81. The first kappa shape index (κ1) is 24.5. The number of rotatable bonds is 7. The van der Waals surface area contributed by atoms with E-state index in [0.717, 1.165) is 43.0 Å². The van der Waals surface area contributed by atoms with Crippen molar-refractivity contribution in [3.63, 3.8) is 0 Å². The van der Waals surface area contributed by atoms with Crippen LogP contribution in [0.4, 0.5) is 5.82 Å². The van der Waals surface area contributed by atoms with E-state index >= 15 is 0 Å². The first-order chi connectivity index (χ1) is 18.0. The Balaban J connectivity index is 1.42. The normalized spacial score (nSPS) is 16.1. The van der Waals surface area contributed by atoms with Gasteiger partial charge in [-0.15, -0.1) is 0 Å². The summed E-state index contributed by atoms with van der Waals surface area (Å²) in [5.74, 6) is 1.90. The van der Waals surface area contributed by atoms with Gasteiger partial charge in [0, 0.05) is 31.3 Å². The van der Waals surface area contributed by atoms with Gasteiger partial charge in [0.1, 0.15) is 29.3 Å². The minimum Gasteiger partial charge on any atom is -0.457 e. The van der Waals surface area contributed by atoms with E-state index in [9.17, 15) is 4.79 Å². The molecule has 0 bridgehead atoms. The Morgan fingerprint density at radius 3 is 2.62 bits per heavy atom. The topological polar surface area (TPSA) is 102 Å². The number of nitrogens with zero attached hydrogens (tertiary/aromatic N) is 6. The van der Waals surface area contributed by atoms with Crippen LogP contribution >= 0.6 is 0 Å². The molecule has 0 unspecified atom stereocenters. The lowest BCUT2D eigenvalue weighted by molar-refractivity contribution is -0.127. The minimum atomic E-state index is -0.00816. The maximum absolute atomic E-state index is 12.8. The average molecular weight is 498 g/mol. The molecule has 4 aromatic rings. The van der Waals surface area contributed by atoms with Crippen molar-refractivity contribution in [2.24, 2.45) is 0 Å². The number of likely N-dealkylation sites (tertiary alicyclic amines) is 1. The van der Waals surface area contributed by atoms with Gasteiger partial charge in [0.25, 0.3) is 0 Å². The molecule has 1 saturated heterocycles. The van der Waals surface area contributed by atoms with Crippen molar-refractivity contribution in [3.8, 4) is 22.8 Å². The number of carbonyl (C=O) groups excluding carboxylic acids is 1. The molecule has 9 heteroatoms. The average Bonchev–Trinajstić information content (AvgIpc) is 3.31. The Labute approximate surface area is 216 Å². The van der Waals surface area contributed by atoms with E-state index in [2.05, 4.69) is 9.97 Å². The Morgan fingerprint density at radius 2 is 1.86 bits per heavy atom. The maximum Gasteiger partial charge on any atom is 0.246 e. The van der Waals surface area contributed by atoms with Gasteiger partial charge < -0.3 is 20.3 Å². The number of hydrogen-bond acceptors (Lipinski definition) is 7. The van der Waals surface area contributed by atoms with E-state index < -0.39 is 0 Å². The molecule has 1 amide bonds. The summed E-state index contributed by atoms with van der Waals surface area (Å²) in [7, 11) is 3.95. The number of anilines is 1. The minimum absolute atomic E-state index is 0.00816. The van der Waals surface area contributed by atoms with Crippen molar-refractivity contribution in [1.29, 1.82) is 0 Å². The SMILES string of the molecule is CN(C)C/C=C/C(=O)N1CCC[C@H](n2nc(-c3ccc(Oc4ccccc4)cc3)c3c(N)ncnc32)C1. The van der Waals surface area contributed by atoms with Crippen LogP contribution < -0.4 is 10.5 Å². The van der Waals surface area contributed by atoms with Crippen molar-refractivity contribution < 1.29 is 9.53 Å². The third-order valence-corrected chi connectivity index (χ3v) is 6.41. The van der Waals surface area contributed by atoms with Crippen LogP contribution in [0.5, 0.6) is 11.5 Å². The number of nitrogen functional groups attached to an aromatic ring is 1. The molecule has 190 valence electrons. The zero-order valence-corrected chi connectivity index (χ0v) is 21.1. The summed E-state index contributed by atoms with van der Waals surface area (Å²) in [6, 6.07) is 17.4. The molecule has 1 aliphatic rings. The second kappa shape index (κ2) is 10.8. The molecule has 0 radical (unpaired) electrons. The molecule has 9 nitrogen and oxygen atoms in total. The summed E-state index contributed by atoms with van der Waals surface area (Å²) in [5.41, 5.74) is 8.60. The third-order valence-electron chi connectivity index (χ3n) is 6.41. The first-order valence-electron chi connectivity index (χ1n) is 12.4. The summed E-state index contributed by atoms with van der Waals surface area (Å²) in [5, 5.41) is 5.68. The zero-order valence-electron chi connectivity index (χ0n) is 21.1. The lowest BCUT2D eigenvalue weighted by atomic mass is 10.1. The van der Waals surface area contributed by atoms with Crippen LogP contribution in [0, 0.1) is 0 Å². The van der Waals surface area contributed by atoms with E-state index in [1.807, 2.05) is 89.3 Å². The van der Waals surface area contributed by atoms with E-state index in [1.165, 1.54) is 6.33 Å². The number of hydrogen-bond donors (Lipinski definition) is 1. The number of aromatic nitrogens is 4. The number of fused-ring (bicyclic) bond motifs is 1. The van der Waals surface area contributed by atoms with Gasteiger partial charge in [0.15, 0.2) is 5.65 Å². The Morgan fingerprint density at radius 1 is 1.11 bits per heavy atom. The number of nitrogens with two attached hydrogens (primary N) is 1. The van der Waals surface area contributed by atoms with Gasteiger partial charge in [-0.05, 0) is 63.3 Å². The summed E-state index contributed by atoms with van der Waals surface area (Å²) >= 11 is 0. The van der Waals surface area contributed by atoms with Crippen LogP contribution in [0.1, 0.15) is 18.9 Å². The molecule has 0 aliphatic carbocycles. The van der Waals surface area contributed by atoms with E-state index in [0.29, 0.717) is 29.1 Å². The van der Waals surface area contributed by atoms with Crippen LogP contribution in [0.2, 0.25) is 0 Å². The molecule has 1 atom stereocenters. The van der Waals surface area contributed by atoms with E-state index in [1.54, 1.807) is 6.08 Å². The fourth-order valence-electron chi connectivity index (χ4n) is 4.58. The van der Waals surface area contributed by atoms with Gasteiger partial charge in [-0.3, -0.25) is 4.79 Å². The molecule has 1 fully saturated rings. The largest absolute Gasteiger partial charge is 0.457 e. The highest BCUT2D eigenvalue weighted by Gasteiger charge is 2.28. The predicted molar refractivity (Wildman–Crippen MR) is 144 cm³/mol. The predicted octanol–water partition coefficient (Wildman–Crippen LogP) is 4.15. The molecule has 2 aromatic carbocycles. The molecule has 37 heavy (non-hydrogen) atoms. The number of carbonyl (C=O) groups is 1. The Kier molecular flexibility index (Phi) is 7.14. The summed E-state index contributed by atoms with van der Waals surface area (Å²) in [4.78, 5) is 25.5. The number of para-hydroxylation sites is 1. The number of likely N-dealkylation sites (N-methyl/N-ethyl adjacent to an activating group) is 1. The van der Waals surface area contributed by atoms with Gasteiger partial charge in [-0.25, -0.2) is 14.6 Å². The highest BCUT2D eigenvalue weighted by molar-refractivity contribution is 5.98. The molecular weight excluding hydrogens is 466 g/mol. The van der Waals surface area contributed by atoms with Gasteiger partial charge in [0.2, 0.25) is 5.91 Å². The quantitative estimate of drug-likeness (QED) is 0.383. The molecule has 5 rings (SSSR count). The van der Waals surface area contributed by atoms with E-state index in [4.69, 9.17) is 15.6 Å². The first-order valence-corrected chi connectivity index (χ1v) is 12.4. The lowest BCUT2D eigenvalue weighted by Gasteiger charge is -2.32. The summed E-state index contributed by atoms with van der Waals surface area (Å²) in [6.45, 7) is 2.02. The number of piperidine rings is 1. The van der Waals surface area contributed by atoms with Gasteiger partial charge in [-0.1, -0.05) is 24.3 Å². The highest BCUT2D eigenvalue weighted by atomic mass is 16.5. The van der Waals surface area contributed by atoms with E-state index in [-0.39, 0.29) is 11.9 Å². The van der Waals surface area contributed by atoms with Crippen molar-refractivity contribution in [2.45, 2.75) is 18.9 Å². The molecule has 2 N–H and O–H groups in total. The Hall–Kier alpha value is -4.24. The van der Waals surface area contributed by atoms with Crippen LogP contribution in [0.25, 0.3) is 22.3 Å². The Bertz CT molecular complexity index is 1400. The molecule has 0 saturated carbocycles. The van der Waals surface area contributed by atoms with Gasteiger partial charge in [-0.2, -0.15) is 5.10 Å². The fraction of sp³-hybridized carbons (Fsp3) is 0.286. The number of benzene rings is 2. The van der Waals surface area contributed by atoms with Crippen molar-refractivity contribution in [3.05, 3.63) is 73.1 Å². The molecule has 2 aromatic heterocycles. The van der Waals surface area contributed by atoms with Gasteiger partial charge in [0.05, 0.1) is 11.4 Å². The highest BCUT2D eigenvalue weighted by Crippen LogP contribution is 2.34. The smallest absolute Gasteiger partial charge is 0.246 e. The van der Waals surface area contributed by atoms with Gasteiger partial charge >= 0.3 is 0 Å². The third kappa shape index (κ3) is 5.46. The zero-order chi connectivity index (χ0) is 25.8. The maximum atomic E-state index is 12.8. The van der Waals surface area contributed by atoms with Crippen LogP contribution in [0.15, 0.2) is 73.1 Å². The summed E-state index contributed by atoms with van der Waals surface area (Å²) < 4.78 is 7.85. The molecule has 0 spiro atoms. The number of amides is 1. The van der Waals surface area contributed by atoms with Crippen molar-refractivity contribution >= 4 is 22.8 Å². The molecule has 3 heterocycles. The van der Waals surface area contributed by atoms with Crippen LogP contribution in [-0.4, -0.2) is 69.2 Å². The lowest BCUT2D eigenvalue weighted by Crippen LogP contribution is -2.40. The van der Waals surface area contributed by atoms with Crippen molar-refractivity contribution in [1.82, 2.24) is 29.5 Å². The molecular formula is C28H31N7O2. The number of ether oxygens (including phenoxy) is 1. The standard InChI is InChI=1S/C28H31N7O2/c1-33(2)16-7-11-24(36)34-17-6-8-21(18-34)35-28-25(27(29)30-19-31-28)26(32-35)20-12-14-23(15-13-20)37-22-9-4-3-5-10-22/h3-5,7,9-15,19,21H,6,8,16-18H2,1-2H3,(H2,29,30,31)/b11-7+/t21-/m0/s1. The van der Waals surface area contributed by atoms with Crippen molar-refractivity contribution in [2.75, 3.05) is 39.5 Å². The molecule has 1 aliphatic heterocycles. The fourth-order valence-corrected chi connectivity index (χ4v) is 4.58. The monoisotopic (exact) mass is 497 g/mol. The second-order valence-electron chi connectivity index (χ2n) is 9.44. The van der Waals surface area contributed by atoms with Crippen LogP contribution in [0.3, 0.4) is 0 Å². The van der Waals surface area contributed by atoms with Crippen LogP contribution in [-0.2, 0) is 4.79 Å².